The summed E-state index contributed by atoms with van der Waals surface area (Å²) in [4.78, 5) is 0. The zero-order chi connectivity index (χ0) is 9.26. The highest BCUT2D eigenvalue weighted by Crippen LogP contribution is 2.30. The molecule has 1 aromatic carbocycles. The zero-order valence-electron chi connectivity index (χ0n) is 6.96. The third-order valence-corrected chi connectivity index (χ3v) is 2.09. The molecule has 1 aliphatic rings. The third kappa shape index (κ3) is 1.48. The van der Waals surface area contributed by atoms with E-state index >= 15 is 0 Å². The molecule has 0 saturated heterocycles. The van der Waals surface area contributed by atoms with Crippen molar-refractivity contribution < 1.29 is 9.13 Å². The molecule has 66 valence electrons. The Kier molecular flexibility index (Phi) is 1.90. The summed E-state index contributed by atoms with van der Waals surface area (Å²) in [6.07, 6.45) is 0.973. The van der Waals surface area contributed by atoms with Crippen LogP contribution in [-0.2, 0) is 6.42 Å². The Morgan fingerprint density at radius 3 is 3.23 bits per heavy atom. The van der Waals surface area contributed by atoms with E-state index in [2.05, 4.69) is 0 Å². The summed E-state index contributed by atoms with van der Waals surface area (Å²) in [6, 6.07) is 6.53. The van der Waals surface area contributed by atoms with Gasteiger partial charge in [-0.15, -0.1) is 0 Å². The molecule has 2 nitrogen and oxygen atoms in total. The number of benzene rings is 1. The van der Waals surface area contributed by atoms with E-state index in [0.29, 0.717) is 18.6 Å². The molecule has 0 aliphatic carbocycles. The van der Waals surface area contributed by atoms with Gasteiger partial charge in [-0.05, 0) is 11.6 Å². The van der Waals surface area contributed by atoms with Gasteiger partial charge in [0.2, 0.25) is 0 Å². The summed E-state index contributed by atoms with van der Waals surface area (Å²) in [6.45, 7) is 0. The lowest BCUT2D eigenvalue weighted by Crippen LogP contribution is -2.10. The Bertz CT molecular complexity index is 370. The van der Waals surface area contributed by atoms with Crippen molar-refractivity contribution in [1.82, 2.24) is 0 Å². The van der Waals surface area contributed by atoms with Crippen molar-refractivity contribution in [3.05, 3.63) is 29.6 Å². The lowest BCUT2D eigenvalue weighted by Gasteiger charge is -2.04. The zero-order valence-corrected chi connectivity index (χ0v) is 6.96. The van der Waals surface area contributed by atoms with Crippen molar-refractivity contribution in [3.63, 3.8) is 0 Å². The third-order valence-electron chi connectivity index (χ3n) is 2.09. The van der Waals surface area contributed by atoms with E-state index in [0.717, 1.165) is 5.56 Å². The van der Waals surface area contributed by atoms with Crippen LogP contribution in [0.5, 0.6) is 5.75 Å². The molecule has 0 radical (unpaired) electrons. The van der Waals surface area contributed by atoms with E-state index in [1.165, 1.54) is 12.1 Å². The molecule has 2 rings (SSSR count). The molecule has 0 saturated carbocycles. The fourth-order valence-electron chi connectivity index (χ4n) is 1.49. The van der Waals surface area contributed by atoms with Gasteiger partial charge in [-0.25, -0.2) is 4.39 Å². The van der Waals surface area contributed by atoms with Crippen LogP contribution in [0.3, 0.4) is 0 Å². The maximum atomic E-state index is 12.7. The summed E-state index contributed by atoms with van der Waals surface area (Å²) in [5.41, 5.74) is 0.988. The Labute approximate surface area is 75.6 Å². The van der Waals surface area contributed by atoms with Crippen molar-refractivity contribution in [3.8, 4) is 11.8 Å². The molecular formula is C10H8FNO. The number of nitriles is 1. The lowest BCUT2D eigenvalue weighted by molar-refractivity contribution is 0.238. The van der Waals surface area contributed by atoms with Gasteiger partial charge in [-0.1, -0.05) is 6.07 Å². The van der Waals surface area contributed by atoms with Crippen molar-refractivity contribution >= 4 is 0 Å². The highest BCUT2D eigenvalue weighted by atomic mass is 19.1. The normalized spacial score (nSPS) is 18.9. The first-order valence-electron chi connectivity index (χ1n) is 4.11. The molecule has 0 aromatic heterocycles. The molecule has 13 heavy (non-hydrogen) atoms. The molecule has 1 unspecified atom stereocenters. The standard InChI is InChI=1S/C10H8FNO/c11-8-2-1-7-5-9(3-4-12)13-10(7)6-8/h1-2,6,9H,3,5H2. The molecule has 0 spiro atoms. The fourth-order valence-corrected chi connectivity index (χ4v) is 1.49. The van der Waals surface area contributed by atoms with Crippen LogP contribution in [-0.4, -0.2) is 6.10 Å². The van der Waals surface area contributed by atoms with Crippen LogP contribution in [0.4, 0.5) is 4.39 Å². The highest BCUT2D eigenvalue weighted by molar-refractivity contribution is 5.38. The lowest BCUT2D eigenvalue weighted by atomic mass is 10.1. The summed E-state index contributed by atoms with van der Waals surface area (Å²) in [5, 5.41) is 8.46. The number of halogens is 1. The molecular weight excluding hydrogens is 169 g/mol. The second-order valence-electron chi connectivity index (χ2n) is 3.06. The van der Waals surface area contributed by atoms with E-state index in [1.54, 1.807) is 6.07 Å². The van der Waals surface area contributed by atoms with Gasteiger partial charge in [0.05, 0.1) is 12.5 Å². The first-order chi connectivity index (χ1) is 6.29. The number of hydrogen-bond donors (Lipinski definition) is 0. The quantitative estimate of drug-likeness (QED) is 0.657. The van der Waals surface area contributed by atoms with Gasteiger partial charge in [0.25, 0.3) is 0 Å². The van der Waals surface area contributed by atoms with Crippen LogP contribution in [0.1, 0.15) is 12.0 Å². The van der Waals surface area contributed by atoms with Gasteiger partial charge in [0.1, 0.15) is 17.7 Å². The molecule has 1 heterocycles. The largest absolute Gasteiger partial charge is 0.489 e. The topological polar surface area (TPSA) is 33.0 Å². The number of ether oxygens (including phenoxy) is 1. The van der Waals surface area contributed by atoms with Crippen molar-refractivity contribution in [1.29, 1.82) is 5.26 Å². The molecule has 0 N–H and O–H groups in total. The molecule has 3 heteroatoms. The first kappa shape index (κ1) is 8.06. The second-order valence-corrected chi connectivity index (χ2v) is 3.06. The van der Waals surface area contributed by atoms with Gasteiger partial charge < -0.3 is 4.74 Å². The highest BCUT2D eigenvalue weighted by Gasteiger charge is 2.22. The van der Waals surface area contributed by atoms with Gasteiger partial charge >= 0.3 is 0 Å². The van der Waals surface area contributed by atoms with Crippen molar-refractivity contribution in [2.75, 3.05) is 0 Å². The minimum absolute atomic E-state index is 0.0956. The molecule has 1 aromatic rings. The van der Waals surface area contributed by atoms with Crippen molar-refractivity contribution in [2.24, 2.45) is 0 Å². The van der Waals surface area contributed by atoms with Crippen LogP contribution < -0.4 is 4.74 Å². The molecule has 1 aliphatic heterocycles. The van der Waals surface area contributed by atoms with Crippen LogP contribution in [0.15, 0.2) is 18.2 Å². The van der Waals surface area contributed by atoms with E-state index in [9.17, 15) is 4.39 Å². The summed E-state index contributed by atoms with van der Waals surface area (Å²) in [5.74, 6) is 0.289. The van der Waals surface area contributed by atoms with Gasteiger partial charge in [-0.3, -0.25) is 0 Å². The number of fused-ring (bicyclic) bond motifs is 1. The SMILES string of the molecule is N#CCC1Cc2ccc(F)cc2O1. The van der Waals surface area contributed by atoms with E-state index in [4.69, 9.17) is 10.00 Å². The van der Waals surface area contributed by atoms with E-state index < -0.39 is 0 Å². The van der Waals surface area contributed by atoms with Crippen molar-refractivity contribution in [2.45, 2.75) is 18.9 Å². The maximum absolute atomic E-state index is 12.7. The number of hydrogen-bond acceptors (Lipinski definition) is 2. The average molecular weight is 177 g/mol. The number of nitrogens with zero attached hydrogens (tertiary/aromatic N) is 1. The Hall–Kier alpha value is -1.56. The van der Waals surface area contributed by atoms with E-state index in [-0.39, 0.29) is 11.9 Å². The van der Waals surface area contributed by atoms with Crippen LogP contribution in [0.2, 0.25) is 0 Å². The Morgan fingerprint density at radius 1 is 1.62 bits per heavy atom. The summed E-state index contributed by atoms with van der Waals surface area (Å²) in [7, 11) is 0. The van der Waals surface area contributed by atoms with E-state index in [1.807, 2.05) is 6.07 Å². The molecule has 0 amide bonds. The predicted octanol–water partition coefficient (Wildman–Crippen LogP) is 2.04. The molecule has 0 bridgehead atoms. The van der Waals surface area contributed by atoms with Crippen LogP contribution in [0, 0.1) is 17.1 Å². The van der Waals surface area contributed by atoms with Gasteiger partial charge in [0.15, 0.2) is 0 Å². The average Bonchev–Trinajstić information content (AvgIpc) is 2.46. The first-order valence-corrected chi connectivity index (χ1v) is 4.11. The maximum Gasteiger partial charge on any atom is 0.126 e. The summed E-state index contributed by atoms with van der Waals surface area (Å²) < 4.78 is 18.1. The van der Waals surface area contributed by atoms with Crippen LogP contribution >= 0.6 is 0 Å². The monoisotopic (exact) mass is 177 g/mol. The predicted molar refractivity (Wildman–Crippen MR) is 44.8 cm³/mol. The Morgan fingerprint density at radius 2 is 2.46 bits per heavy atom. The number of rotatable bonds is 1. The Balaban J connectivity index is 2.21. The minimum atomic E-state index is -0.295. The summed E-state index contributed by atoms with van der Waals surface area (Å²) >= 11 is 0. The minimum Gasteiger partial charge on any atom is -0.489 e. The van der Waals surface area contributed by atoms with Crippen LogP contribution in [0.25, 0.3) is 0 Å². The van der Waals surface area contributed by atoms with Gasteiger partial charge in [-0.2, -0.15) is 5.26 Å². The molecule has 1 atom stereocenters. The second kappa shape index (κ2) is 3.06. The smallest absolute Gasteiger partial charge is 0.126 e. The van der Waals surface area contributed by atoms with Gasteiger partial charge in [0, 0.05) is 12.5 Å². The molecule has 0 fully saturated rings. The fraction of sp³-hybridized carbons (Fsp3) is 0.300.